The number of carboxylic acid groups (broad SMARTS) is 1. The van der Waals surface area contributed by atoms with E-state index in [1.54, 1.807) is 25.3 Å². The van der Waals surface area contributed by atoms with E-state index >= 15 is 0 Å². The maximum Gasteiger partial charge on any atom is 0.340 e. The van der Waals surface area contributed by atoms with Crippen molar-refractivity contribution < 1.29 is 19.4 Å². The Morgan fingerprint density at radius 1 is 1.25 bits per heavy atom. The molecule has 104 valence electrons. The molecular formula is C15H13BrO4. The Kier molecular flexibility index (Phi) is 4.63. The predicted molar refractivity (Wildman–Crippen MR) is 78.4 cm³/mol. The molecule has 0 amide bonds. The molecule has 2 aromatic rings. The molecule has 0 aromatic heterocycles. The standard InChI is InChI=1S/C15H13BrO4/c1-19-11-5-2-4-10(8-11)9-20-13-7-3-6-12(16)14(13)15(17)18/h2-8H,9H2,1H3,(H,17,18). The third-order valence-corrected chi connectivity index (χ3v) is 3.38. The molecule has 0 spiro atoms. The van der Waals surface area contributed by atoms with Gasteiger partial charge < -0.3 is 14.6 Å². The number of rotatable bonds is 5. The van der Waals surface area contributed by atoms with Crippen LogP contribution in [0.4, 0.5) is 0 Å². The summed E-state index contributed by atoms with van der Waals surface area (Å²) in [6.45, 7) is 0.272. The van der Waals surface area contributed by atoms with Gasteiger partial charge in [0.2, 0.25) is 0 Å². The highest BCUT2D eigenvalue weighted by atomic mass is 79.9. The molecule has 0 saturated carbocycles. The van der Waals surface area contributed by atoms with Crippen LogP contribution >= 0.6 is 15.9 Å². The summed E-state index contributed by atoms with van der Waals surface area (Å²) in [4.78, 5) is 11.2. The zero-order valence-corrected chi connectivity index (χ0v) is 12.4. The first kappa shape index (κ1) is 14.4. The van der Waals surface area contributed by atoms with E-state index in [1.165, 1.54) is 0 Å². The maximum atomic E-state index is 11.2. The van der Waals surface area contributed by atoms with Crippen LogP contribution < -0.4 is 9.47 Å². The smallest absolute Gasteiger partial charge is 0.340 e. The first-order valence-corrected chi connectivity index (χ1v) is 6.68. The number of ether oxygens (including phenoxy) is 2. The van der Waals surface area contributed by atoms with Crippen LogP contribution in [0.25, 0.3) is 0 Å². The number of benzene rings is 2. The molecule has 2 aromatic carbocycles. The highest BCUT2D eigenvalue weighted by Crippen LogP contribution is 2.27. The highest BCUT2D eigenvalue weighted by Gasteiger charge is 2.15. The van der Waals surface area contributed by atoms with Crippen molar-refractivity contribution in [3.8, 4) is 11.5 Å². The van der Waals surface area contributed by atoms with Crippen molar-refractivity contribution in [3.05, 3.63) is 58.1 Å². The third kappa shape index (κ3) is 3.30. The summed E-state index contributed by atoms with van der Waals surface area (Å²) in [5.74, 6) is 0.0339. The average Bonchev–Trinajstić information content (AvgIpc) is 2.45. The van der Waals surface area contributed by atoms with Crippen LogP contribution in [0.1, 0.15) is 15.9 Å². The lowest BCUT2D eigenvalue weighted by atomic mass is 10.2. The van der Waals surface area contributed by atoms with E-state index in [0.29, 0.717) is 10.2 Å². The first-order valence-electron chi connectivity index (χ1n) is 5.89. The van der Waals surface area contributed by atoms with E-state index in [1.807, 2.05) is 24.3 Å². The summed E-state index contributed by atoms with van der Waals surface area (Å²) in [5.41, 5.74) is 1.02. The number of carbonyl (C=O) groups is 1. The first-order chi connectivity index (χ1) is 9.61. The molecule has 5 heteroatoms. The van der Waals surface area contributed by atoms with Crippen LogP contribution in [-0.2, 0) is 6.61 Å². The van der Waals surface area contributed by atoms with Crippen LogP contribution in [0.15, 0.2) is 46.9 Å². The Bertz CT molecular complexity index is 625. The highest BCUT2D eigenvalue weighted by molar-refractivity contribution is 9.10. The van der Waals surface area contributed by atoms with E-state index < -0.39 is 5.97 Å². The van der Waals surface area contributed by atoms with Gasteiger partial charge in [-0.25, -0.2) is 4.79 Å². The molecule has 0 fully saturated rings. The topological polar surface area (TPSA) is 55.8 Å². The normalized spacial score (nSPS) is 10.1. The molecule has 0 aliphatic carbocycles. The Labute approximate surface area is 125 Å². The Balaban J connectivity index is 2.18. The van der Waals surface area contributed by atoms with Gasteiger partial charge in [-0.15, -0.1) is 0 Å². The largest absolute Gasteiger partial charge is 0.497 e. The van der Waals surface area contributed by atoms with Crippen LogP contribution in [0.2, 0.25) is 0 Å². The van der Waals surface area contributed by atoms with Crippen molar-refractivity contribution in [1.29, 1.82) is 0 Å². The summed E-state index contributed by atoms with van der Waals surface area (Å²) in [7, 11) is 1.59. The van der Waals surface area contributed by atoms with Gasteiger partial charge in [0, 0.05) is 4.47 Å². The van der Waals surface area contributed by atoms with E-state index in [9.17, 15) is 9.90 Å². The van der Waals surface area contributed by atoms with Crippen LogP contribution in [0.3, 0.4) is 0 Å². The summed E-state index contributed by atoms with van der Waals surface area (Å²) in [6.07, 6.45) is 0. The van der Waals surface area contributed by atoms with E-state index in [4.69, 9.17) is 9.47 Å². The second kappa shape index (κ2) is 6.43. The number of halogens is 1. The van der Waals surface area contributed by atoms with Gasteiger partial charge >= 0.3 is 5.97 Å². The summed E-state index contributed by atoms with van der Waals surface area (Å²) >= 11 is 3.22. The number of hydrogen-bond donors (Lipinski definition) is 1. The van der Waals surface area contributed by atoms with Crippen LogP contribution in [0.5, 0.6) is 11.5 Å². The lowest BCUT2D eigenvalue weighted by Crippen LogP contribution is -2.04. The van der Waals surface area contributed by atoms with Crippen molar-refractivity contribution in [1.82, 2.24) is 0 Å². The van der Waals surface area contributed by atoms with Crippen LogP contribution in [-0.4, -0.2) is 18.2 Å². The fourth-order valence-electron chi connectivity index (χ4n) is 1.76. The number of methoxy groups -OCH3 is 1. The van der Waals surface area contributed by atoms with Gasteiger partial charge in [0.1, 0.15) is 23.7 Å². The van der Waals surface area contributed by atoms with Gasteiger partial charge in [-0.3, -0.25) is 0 Å². The predicted octanol–water partition coefficient (Wildman–Crippen LogP) is 3.73. The lowest BCUT2D eigenvalue weighted by Gasteiger charge is -2.11. The van der Waals surface area contributed by atoms with E-state index in [-0.39, 0.29) is 12.2 Å². The monoisotopic (exact) mass is 336 g/mol. The number of aromatic carboxylic acids is 1. The second-order valence-corrected chi connectivity index (χ2v) is 4.91. The van der Waals surface area contributed by atoms with Crippen molar-refractivity contribution in [2.75, 3.05) is 7.11 Å². The van der Waals surface area contributed by atoms with Crippen LogP contribution in [0, 0.1) is 0 Å². The Hall–Kier alpha value is -2.01. The minimum absolute atomic E-state index is 0.121. The summed E-state index contributed by atoms with van der Waals surface area (Å²) in [5, 5.41) is 9.20. The molecule has 0 aliphatic rings. The molecule has 2 rings (SSSR count). The maximum absolute atomic E-state index is 11.2. The molecule has 4 nitrogen and oxygen atoms in total. The minimum Gasteiger partial charge on any atom is -0.497 e. The van der Waals surface area contributed by atoms with E-state index in [0.717, 1.165) is 11.3 Å². The molecule has 0 saturated heterocycles. The van der Waals surface area contributed by atoms with Gasteiger partial charge in [0.25, 0.3) is 0 Å². The zero-order chi connectivity index (χ0) is 14.5. The van der Waals surface area contributed by atoms with Gasteiger partial charge in [0.15, 0.2) is 0 Å². The zero-order valence-electron chi connectivity index (χ0n) is 10.8. The fraction of sp³-hybridized carbons (Fsp3) is 0.133. The van der Waals surface area contributed by atoms with Crippen molar-refractivity contribution >= 4 is 21.9 Å². The fourth-order valence-corrected chi connectivity index (χ4v) is 2.27. The van der Waals surface area contributed by atoms with Crippen molar-refractivity contribution in [3.63, 3.8) is 0 Å². The van der Waals surface area contributed by atoms with Gasteiger partial charge in [0.05, 0.1) is 7.11 Å². The molecule has 0 radical (unpaired) electrons. The average molecular weight is 337 g/mol. The van der Waals surface area contributed by atoms with Gasteiger partial charge in [-0.2, -0.15) is 0 Å². The molecule has 0 atom stereocenters. The second-order valence-electron chi connectivity index (χ2n) is 4.06. The molecule has 0 bridgehead atoms. The number of hydrogen-bond acceptors (Lipinski definition) is 3. The van der Waals surface area contributed by atoms with Crippen molar-refractivity contribution in [2.45, 2.75) is 6.61 Å². The Morgan fingerprint density at radius 2 is 2.00 bits per heavy atom. The number of carboxylic acids is 1. The van der Waals surface area contributed by atoms with Gasteiger partial charge in [-0.1, -0.05) is 18.2 Å². The Morgan fingerprint density at radius 3 is 2.70 bits per heavy atom. The molecule has 1 N–H and O–H groups in total. The molecule has 20 heavy (non-hydrogen) atoms. The quantitative estimate of drug-likeness (QED) is 0.903. The lowest BCUT2D eigenvalue weighted by molar-refractivity contribution is 0.0690. The van der Waals surface area contributed by atoms with Gasteiger partial charge in [-0.05, 0) is 45.8 Å². The summed E-state index contributed by atoms with van der Waals surface area (Å²) in [6, 6.07) is 12.5. The molecular weight excluding hydrogens is 324 g/mol. The third-order valence-electron chi connectivity index (χ3n) is 2.72. The minimum atomic E-state index is -1.03. The van der Waals surface area contributed by atoms with E-state index in [2.05, 4.69) is 15.9 Å². The summed E-state index contributed by atoms with van der Waals surface area (Å²) < 4.78 is 11.2. The molecule has 0 aliphatic heterocycles. The van der Waals surface area contributed by atoms with Crippen molar-refractivity contribution in [2.24, 2.45) is 0 Å². The SMILES string of the molecule is COc1cccc(COc2cccc(Br)c2C(=O)O)c1. The molecule has 0 unspecified atom stereocenters. The molecule has 0 heterocycles.